The van der Waals surface area contributed by atoms with Crippen LogP contribution in [0.2, 0.25) is 0 Å². The van der Waals surface area contributed by atoms with E-state index in [1.807, 2.05) is 37.3 Å². The molecule has 28 heavy (non-hydrogen) atoms. The highest BCUT2D eigenvalue weighted by Crippen LogP contribution is 2.18. The average Bonchev–Trinajstić information content (AvgIpc) is 3.22. The molecule has 0 aliphatic heterocycles. The first kappa shape index (κ1) is 21.2. The maximum absolute atomic E-state index is 12.4. The van der Waals surface area contributed by atoms with Crippen molar-refractivity contribution in [1.29, 1.82) is 5.26 Å². The molecule has 0 fully saturated rings. The molecule has 1 amide bonds. The number of hydrogen-bond donors (Lipinski definition) is 3. The molecule has 1 atom stereocenters. The van der Waals surface area contributed by atoms with Gasteiger partial charge in [-0.15, -0.1) is 0 Å². The van der Waals surface area contributed by atoms with Crippen LogP contribution in [-0.4, -0.2) is 47.2 Å². The van der Waals surface area contributed by atoms with Crippen LogP contribution in [-0.2, 0) is 4.79 Å². The molecule has 7 nitrogen and oxygen atoms in total. The van der Waals surface area contributed by atoms with E-state index in [1.165, 1.54) is 6.08 Å². The highest BCUT2D eigenvalue weighted by molar-refractivity contribution is 6.01. The van der Waals surface area contributed by atoms with E-state index in [0.29, 0.717) is 5.69 Å². The molecule has 0 saturated carbocycles. The first-order valence-corrected chi connectivity index (χ1v) is 9.56. The molecule has 0 saturated heterocycles. The van der Waals surface area contributed by atoms with Gasteiger partial charge in [-0.2, -0.15) is 10.4 Å². The number of anilines is 1. The Morgan fingerprint density at radius 2 is 2.14 bits per heavy atom. The van der Waals surface area contributed by atoms with Gasteiger partial charge in [-0.05, 0) is 49.9 Å². The number of nitrogens with one attached hydrogen (secondary N) is 3. The predicted octanol–water partition coefficient (Wildman–Crippen LogP) is 2.95. The summed E-state index contributed by atoms with van der Waals surface area (Å²) in [6.45, 7) is 10.1. The second-order valence-electron chi connectivity index (χ2n) is 6.44. The number of carbonyl (C=O) groups is 1. The minimum absolute atomic E-state index is 0.0208. The molecule has 1 aromatic heterocycles. The number of likely N-dealkylation sites (N-methyl/N-ethyl adjacent to an activating group) is 1. The zero-order valence-corrected chi connectivity index (χ0v) is 16.7. The second-order valence-corrected chi connectivity index (χ2v) is 6.44. The lowest BCUT2D eigenvalue weighted by molar-refractivity contribution is -0.117. The molecule has 0 spiro atoms. The van der Waals surface area contributed by atoms with Gasteiger partial charge in [-0.3, -0.25) is 9.89 Å². The summed E-state index contributed by atoms with van der Waals surface area (Å²) in [5.41, 5.74) is 2.54. The third-order valence-electron chi connectivity index (χ3n) is 4.57. The van der Waals surface area contributed by atoms with Crippen molar-refractivity contribution in [3.05, 3.63) is 53.4 Å². The summed E-state index contributed by atoms with van der Waals surface area (Å²) in [6, 6.07) is 11.4. The number of rotatable bonds is 10. The van der Waals surface area contributed by atoms with Crippen LogP contribution in [0, 0.1) is 11.3 Å². The van der Waals surface area contributed by atoms with E-state index in [4.69, 9.17) is 0 Å². The van der Waals surface area contributed by atoms with Gasteiger partial charge in [0.1, 0.15) is 11.6 Å². The van der Waals surface area contributed by atoms with Crippen molar-refractivity contribution in [1.82, 2.24) is 20.4 Å². The Hall–Kier alpha value is -3.11. The van der Waals surface area contributed by atoms with E-state index in [0.717, 1.165) is 37.4 Å². The van der Waals surface area contributed by atoms with Crippen LogP contribution >= 0.6 is 0 Å². The van der Waals surface area contributed by atoms with Gasteiger partial charge in [-0.1, -0.05) is 26.0 Å². The van der Waals surface area contributed by atoms with E-state index in [1.54, 1.807) is 12.3 Å². The minimum Gasteiger partial charge on any atom is -0.384 e. The van der Waals surface area contributed by atoms with E-state index in [-0.39, 0.29) is 11.6 Å². The predicted molar refractivity (Wildman–Crippen MR) is 111 cm³/mol. The molecule has 1 heterocycles. The molecule has 148 valence electrons. The smallest absolute Gasteiger partial charge is 0.262 e. The SMILES string of the molecule is CCN(CC)CCNc1cccc(C(C)NC(=O)/C(C#N)=C/c2cc[nH]n2)c1. The van der Waals surface area contributed by atoms with E-state index < -0.39 is 5.91 Å². The van der Waals surface area contributed by atoms with Crippen LogP contribution in [0.15, 0.2) is 42.1 Å². The molecular weight excluding hydrogens is 352 g/mol. The van der Waals surface area contributed by atoms with Gasteiger partial charge in [0.2, 0.25) is 0 Å². The molecule has 2 rings (SSSR count). The monoisotopic (exact) mass is 380 g/mol. The van der Waals surface area contributed by atoms with Crippen LogP contribution in [0.25, 0.3) is 6.08 Å². The highest BCUT2D eigenvalue weighted by atomic mass is 16.1. The molecule has 0 bridgehead atoms. The molecule has 7 heteroatoms. The summed E-state index contributed by atoms with van der Waals surface area (Å²) in [5, 5.41) is 22.2. The Bertz CT molecular complexity index is 818. The highest BCUT2D eigenvalue weighted by Gasteiger charge is 2.14. The fourth-order valence-electron chi connectivity index (χ4n) is 2.82. The lowest BCUT2D eigenvalue weighted by Crippen LogP contribution is -2.29. The minimum atomic E-state index is -0.419. The lowest BCUT2D eigenvalue weighted by Gasteiger charge is -2.19. The number of nitriles is 1. The fraction of sp³-hybridized carbons (Fsp3) is 0.381. The molecule has 2 aromatic rings. The van der Waals surface area contributed by atoms with E-state index in [2.05, 4.69) is 39.6 Å². The summed E-state index contributed by atoms with van der Waals surface area (Å²) in [4.78, 5) is 14.8. The van der Waals surface area contributed by atoms with Crippen molar-refractivity contribution in [2.24, 2.45) is 0 Å². The van der Waals surface area contributed by atoms with Crippen LogP contribution in [0.1, 0.15) is 38.1 Å². The van der Waals surface area contributed by atoms with Crippen molar-refractivity contribution >= 4 is 17.7 Å². The Labute approximate surface area is 166 Å². The maximum atomic E-state index is 12.4. The van der Waals surface area contributed by atoms with Crippen LogP contribution in [0.3, 0.4) is 0 Å². The first-order chi connectivity index (χ1) is 13.6. The molecule has 1 unspecified atom stereocenters. The summed E-state index contributed by atoms with van der Waals surface area (Å²) < 4.78 is 0. The van der Waals surface area contributed by atoms with E-state index >= 15 is 0 Å². The average molecular weight is 380 g/mol. The quantitative estimate of drug-likeness (QED) is 0.435. The third kappa shape index (κ3) is 6.25. The largest absolute Gasteiger partial charge is 0.384 e. The number of nitrogens with zero attached hydrogens (tertiary/aromatic N) is 3. The van der Waals surface area contributed by atoms with Crippen molar-refractivity contribution in [3.8, 4) is 6.07 Å². The molecule has 0 aliphatic carbocycles. The third-order valence-corrected chi connectivity index (χ3v) is 4.57. The van der Waals surface area contributed by atoms with Gasteiger partial charge in [0.25, 0.3) is 5.91 Å². The molecule has 0 radical (unpaired) electrons. The lowest BCUT2D eigenvalue weighted by atomic mass is 10.1. The number of benzene rings is 1. The zero-order chi connectivity index (χ0) is 20.4. The normalized spacial score (nSPS) is 12.5. The van der Waals surface area contributed by atoms with Gasteiger partial charge in [-0.25, -0.2) is 0 Å². The summed E-state index contributed by atoms with van der Waals surface area (Å²) in [6.07, 6.45) is 3.10. The van der Waals surface area contributed by atoms with Crippen molar-refractivity contribution in [2.75, 3.05) is 31.5 Å². The van der Waals surface area contributed by atoms with Crippen molar-refractivity contribution in [3.63, 3.8) is 0 Å². The van der Waals surface area contributed by atoms with Crippen LogP contribution in [0.4, 0.5) is 5.69 Å². The van der Waals surface area contributed by atoms with Gasteiger partial charge in [0.15, 0.2) is 0 Å². The van der Waals surface area contributed by atoms with Crippen molar-refractivity contribution < 1.29 is 4.79 Å². The first-order valence-electron chi connectivity index (χ1n) is 9.56. The topological polar surface area (TPSA) is 96.8 Å². The van der Waals surface area contributed by atoms with Gasteiger partial charge >= 0.3 is 0 Å². The molecule has 3 N–H and O–H groups in total. The van der Waals surface area contributed by atoms with Crippen LogP contribution < -0.4 is 10.6 Å². The number of aromatic nitrogens is 2. The number of hydrogen-bond acceptors (Lipinski definition) is 5. The zero-order valence-electron chi connectivity index (χ0n) is 16.7. The van der Waals surface area contributed by atoms with Gasteiger partial charge < -0.3 is 15.5 Å². The standard InChI is InChI=1S/C21H28N6O/c1-4-27(5-2)12-11-23-19-8-6-7-17(13-19)16(3)25-21(28)18(15-22)14-20-9-10-24-26-20/h6-10,13-14,16,23H,4-5,11-12H2,1-3H3,(H,24,26)(H,25,28)/b18-14+. The molecule has 0 aliphatic rings. The van der Waals surface area contributed by atoms with Gasteiger partial charge in [0, 0.05) is 25.0 Å². The summed E-state index contributed by atoms with van der Waals surface area (Å²) >= 11 is 0. The van der Waals surface area contributed by atoms with Gasteiger partial charge in [0.05, 0.1) is 11.7 Å². The summed E-state index contributed by atoms with van der Waals surface area (Å²) in [5.74, 6) is -0.419. The molecular formula is C21H28N6O. The Kier molecular flexibility index (Phi) is 8.25. The summed E-state index contributed by atoms with van der Waals surface area (Å²) in [7, 11) is 0. The number of carbonyl (C=O) groups excluding carboxylic acids is 1. The Morgan fingerprint density at radius 1 is 1.36 bits per heavy atom. The number of aromatic amines is 1. The van der Waals surface area contributed by atoms with Crippen molar-refractivity contribution in [2.45, 2.75) is 26.8 Å². The Morgan fingerprint density at radius 3 is 2.79 bits per heavy atom. The Balaban J connectivity index is 1.97. The number of H-pyrrole nitrogens is 1. The van der Waals surface area contributed by atoms with E-state index in [9.17, 15) is 10.1 Å². The second kappa shape index (κ2) is 10.9. The number of amides is 1. The fourth-order valence-corrected chi connectivity index (χ4v) is 2.82. The molecule has 1 aromatic carbocycles. The maximum Gasteiger partial charge on any atom is 0.262 e. The van der Waals surface area contributed by atoms with Crippen LogP contribution in [0.5, 0.6) is 0 Å².